The summed E-state index contributed by atoms with van der Waals surface area (Å²) in [6, 6.07) is 39.1. The molecule has 0 saturated carbocycles. The van der Waals surface area contributed by atoms with E-state index in [1.54, 1.807) is 0 Å². The van der Waals surface area contributed by atoms with E-state index in [0.717, 1.165) is 95.0 Å². The van der Waals surface area contributed by atoms with Crippen LogP contribution in [-0.2, 0) is 0 Å². The fourth-order valence-corrected chi connectivity index (χ4v) is 7.97. The lowest BCUT2D eigenvalue weighted by atomic mass is 10.0. The van der Waals surface area contributed by atoms with Gasteiger partial charge >= 0.3 is 0 Å². The molecule has 5 heterocycles. The largest absolute Gasteiger partial charge is 0.370 e. The van der Waals surface area contributed by atoms with Crippen molar-refractivity contribution < 1.29 is 0 Å². The number of rotatable bonds is 9. The highest BCUT2D eigenvalue weighted by atomic mass is 15.1. The fraction of sp³-hybridized carbons (Fsp3) is 0.0208. The summed E-state index contributed by atoms with van der Waals surface area (Å²) in [6.45, 7) is 0. The standard InChI is InChI=1S/C48H44N16/c49-45(50)57-29-9-1-25(2-10-29)41-33-17-19-35(61-33)42(26-3-11-30(12-4-26)58-46(51)52)37-21-23-39(63-37)44(28-7-15-32(16-8-28)60-48(55)56)40-24-22-38(64-40)43(36-20-18-34(41)62-36)27-5-13-31(14-6-27)59-47(53)54/h1-24,45,57,61,64H,49-50H2,(H4,51,52,58)(H4,53,54,59)(H4,55,56,60). The number of nitrogens with zero attached hydrogens (tertiary/aromatic N) is 2. The van der Waals surface area contributed by atoms with E-state index < -0.39 is 6.29 Å². The summed E-state index contributed by atoms with van der Waals surface area (Å²) in [6.07, 6.45) is 7.33. The molecule has 0 radical (unpaired) electrons. The molecule has 8 bridgehead atoms. The molecule has 0 amide bonds. The lowest BCUT2D eigenvalue weighted by molar-refractivity contribution is 0.808. The van der Waals surface area contributed by atoms with Crippen molar-refractivity contribution in [3.8, 4) is 44.5 Å². The lowest BCUT2D eigenvalue weighted by Gasteiger charge is -2.11. The van der Waals surface area contributed by atoms with E-state index >= 15 is 0 Å². The molecule has 2 aliphatic heterocycles. The number of nitrogens with one attached hydrogen (secondary N) is 9. The average molecular weight is 845 g/mol. The topological polar surface area (TPSA) is 307 Å². The minimum atomic E-state index is -0.725. The summed E-state index contributed by atoms with van der Waals surface area (Å²) in [5.74, 6) is -0.477. The van der Waals surface area contributed by atoms with Crippen molar-refractivity contribution in [2.24, 2.45) is 28.7 Å². The zero-order valence-corrected chi connectivity index (χ0v) is 34.2. The number of aromatic nitrogens is 4. The highest BCUT2D eigenvalue weighted by Crippen LogP contribution is 2.39. The number of hydrogen-bond acceptors (Lipinski definition) is 8. The van der Waals surface area contributed by atoms with E-state index in [-0.39, 0.29) is 17.9 Å². The number of H-pyrrole nitrogens is 2. The Kier molecular flexibility index (Phi) is 10.6. The number of fused-ring (bicyclic) bond motifs is 8. The average Bonchev–Trinajstić information content (AvgIpc) is 4.11. The maximum absolute atomic E-state index is 7.75. The quantitative estimate of drug-likeness (QED) is 0.0377. The Bertz CT molecular complexity index is 3140. The summed E-state index contributed by atoms with van der Waals surface area (Å²) >= 11 is 0. The van der Waals surface area contributed by atoms with Gasteiger partial charge in [-0.2, -0.15) is 0 Å². The SMILES string of the molecule is N=C(N)Nc1ccc(-c2c3nc(c(-c4ccc(NC(=N)N)cc4)c4ccc([nH]4)c(-c4ccc(NC(N)N)cc4)c4nc(c(-c5ccc(NC(=N)N)cc5)c5ccc2[nH]5)C=C4)C=C3)cc1. The fourth-order valence-electron chi connectivity index (χ4n) is 7.97. The Morgan fingerprint density at radius 1 is 0.391 bits per heavy atom. The van der Waals surface area contributed by atoms with Crippen LogP contribution in [0.1, 0.15) is 22.8 Å². The molecule has 4 aromatic carbocycles. The summed E-state index contributed by atoms with van der Waals surface area (Å²) in [7, 11) is 0. The van der Waals surface area contributed by atoms with Gasteiger partial charge in [-0.05, 0) is 119 Å². The van der Waals surface area contributed by atoms with Crippen molar-refractivity contribution in [1.82, 2.24) is 19.9 Å². The van der Waals surface area contributed by atoms with Gasteiger partial charge in [-0.25, -0.2) is 9.97 Å². The molecule has 0 unspecified atom stereocenters. The number of anilines is 4. The highest BCUT2D eigenvalue weighted by Gasteiger charge is 2.19. The second-order valence-electron chi connectivity index (χ2n) is 15.1. The van der Waals surface area contributed by atoms with E-state index in [1.807, 2.05) is 146 Å². The zero-order chi connectivity index (χ0) is 44.5. The second kappa shape index (κ2) is 16.8. The Balaban J connectivity index is 1.38. The molecule has 16 nitrogen and oxygen atoms in total. The predicted molar refractivity (Wildman–Crippen MR) is 263 cm³/mol. The van der Waals surface area contributed by atoms with E-state index in [4.69, 9.17) is 54.9 Å². The first kappa shape index (κ1) is 40.4. The Morgan fingerprint density at radius 3 is 0.875 bits per heavy atom. The first-order valence-electron chi connectivity index (χ1n) is 20.1. The van der Waals surface area contributed by atoms with Crippen LogP contribution in [0.2, 0.25) is 0 Å². The van der Waals surface area contributed by atoms with Crippen LogP contribution >= 0.6 is 0 Å². The summed E-state index contributed by atoms with van der Waals surface area (Å²) in [5.41, 5.74) is 44.5. The molecule has 3 aromatic heterocycles. The molecule has 16 heteroatoms. The van der Waals surface area contributed by atoms with E-state index in [2.05, 4.69) is 31.2 Å². The molecule has 0 saturated heterocycles. The third kappa shape index (κ3) is 8.35. The van der Waals surface area contributed by atoms with Crippen LogP contribution < -0.4 is 49.9 Å². The van der Waals surface area contributed by atoms with Crippen LogP contribution in [0.25, 0.3) is 90.9 Å². The third-order valence-corrected chi connectivity index (χ3v) is 10.6. The molecule has 0 atom stereocenters. The van der Waals surface area contributed by atoms with Crippen molar-refractivity contribution in [1.29, 1.82) is 16.2 Å². The number of nitrogens with two attached hydrogens (primary N) is 5. The van der Waals surface area contributed by atoms with Gasteiger partial charge in [0.15, 0.2) is 17.9 Å². The number of hydrogen-bond donors (Lipinski definition) is 14. The van der Waals surface area contributed by atoms with Gasteiger partial charge in [0.2, 0.25) is 0 Å². The van der Waals surface area contributed by atoms with Crippen LogP contribution in [0.3, 0.4) is 0 Å². The molecule has 64 heavy (non-hydrogen) atoms. The summed E-state index contributed by atoms with van der Waals surface area (Å²) in [4.78, 5) is 18.2. The minimum Gasteiger partial charge on any atom is -0.370 e. The first-order chi connectivity index (χ1) is 30.9. The van der Waals surface area contributed by atoms with Gasteiger partial charge in [0, 0.05) is 67.1 Å². The molecule has 19 N–H and O–H groups in total. The van der Waals surface area contributed by atoms with Gasteiger partial charge < -0.3 is 48.4 Å². The van der Waals surface area contributed by atoms with Crippen molar-refractivity contribution in [3.05, 3.63) is 144 Å². The van der Waals surface area contributed by atoms with Crippen LogP contribution in [0, 0.1) is 16.2 Å². The van der Waals surface area contributed by atoms with Gasteiger partial charge in [-0.15, -0.1) is 0 Å². The maximum Gasteiger partial charge on any atom is 0.190 e. The molecule has 0 spiro atoms. The smallest absolute Gasteiger partial charge is 0.190 e. The summed E-state index contributed by atoms with van der Waals surface area (Å²) in [5, 5.41) is 34.9. The monoisotopic (exact) mass is 844 g/mol. The molecule has 0 fully saturated rings. The van der Waals surface area contributed by atoms with Gasteiger partial charge in [0.05, 0.1) is 22.8 Å². The normalized spacial score (nSPS) is 11.7. The van der Waals surface area contributed by atoms with Gasteiger partial charge in [-0.1, -0.05) is 48.5 Å². The van der Waals surface area contributed by atoms with Gasteiger partial charge in [0.25, 0.3) is 0 Å². The van der Waals surface area contributed by atoms with Crippen molar-refractivity contribution in [3.63, 3.8) is 0 Å². The van der Waals surface area contributed by atoms with E-state index in [9.17, 15) is 0 Å². The molecule has 316 valence electrons. The number of benzene rings is 4. The van der Waals surface area contributed by atoms with Crippen LogP contribution in [-0.4, -0.2) is 44.1 Å². The molecular weight excluding hydrogens is 801 g/mol. The van der Waals surface area contributed by atoms with E-state index in [1.165, 1.54) is 0 Å². The first-order valence-corrected chi connectivity index (χ1v) is 20.1. The Labute approximate surface area is 366 Å². The van der Waals surface area contributed by atoms with Crippen molar-refractivity contribution in [2.45, 2.75) is 6.29 Å². The highest BCUT2D eigenvalue weighted by molar-refractivity contribution is 6.01. The molecular formula is C48H44N16. The predicted octanol–water partition coefficient (Wildman–Crippen LogP) is 7.85. The van der Waals surface area contributed by atoms with Gasteiger partial charge in [-0.3, -0.25) is 27.7 Å². The number of guanidine groups is 3. The molecule has 0 aliphatic carbocycles. The van der Waals surface area contributed by atoms with Crippen LogP contribution in [0.15, 0.2) is 121 Å². The summed E-state index contributed by atoms with van der Waals surface area (Å²) < 4.78 is 0. The van der Waals surface area contributed by atoms with E-state index in [0.29, 0.717) is 17.1 Å². The Morgan fingerprint density at radius 2 is 0.641 bits per heavy atom. The molecule has 9 rings (SSSR count). The van der Waals surface area contributed by atoms with Crippen molar-refractivity contribution in [2.75, 3.05) is 21.3 Å². The number of aromatic amines is 2. The molecule has 2 aliphatic rings. The van der Waals surface area contributed by atoms with Crippen molar-refractivity contribution >= 4 is 87.0 Å². The minimum absolute atomic E-state index is 0.159. The third-order valence-electron chi connectivity index (χ3n) is 10.6. The Hall–Kier alpha value is -8.99. The maximum atomic E-state index is 7.75. The van der Waals surface area contributed by atoms with Gasteiger partial charge in [0.1, 0.15) is 6.29 Å². The van der Waals surface area contributed by atoms with Crippen LogP contribution in [0.4, 0.5) is 22.7 Å². The van der Waals surface area contributed by atoms with Crippen LogP contribution in [0.5, 0.6) is 0 Å². The molecule has 7 aromatic rings. The second-order valence-corrected chi connectivity index (χ2v) is 15.1. The zero-order valence-electron chi connectivity index (χ0n) is 34.2. The lowest BCUT2D eigenvalue weighted by Crippen LogP contribution is -2.38.